The van der Waals surface area contributed by atoms with Crippen molar-refractivity contribution in [3.8, 4) is 17.2 Å². The van der Waals surface area contributed by atoms with Crippen LogP contribution in [0.4, 0.5) is 5.95 Å². The first-order valence-electron chi connectivity index (χ1n) is 8.54. The van der Waals surface area contributed by atoms with Gasteiger partial charge < -0.3 is 24.7 Å². The van der Waals surface area contributed by atoms with Crippen LogP contribution >= 0.6 is 0 Å². The third-order valence-electron chi connectivity index (χ3n) is 4.52. The SMILES string of the molecule is COc1cc(C(C=O)Cc2ccc3nc(N)[nH]c(=O)c3c2)cc(OC)c1OC. The van der Waals surface area contributed by atoms with Crippen LogP contribution in [-0.4, -0.2) is 37.6 Å². The number of ether oxygens (including phenoxy) is 3. The summed E-state index contributed by atoms with van der Waals surface area (Å²) >= 11 is 0. The van der Waals surface area contributed by atoms with E-state index in [-0.39, 0.29) is 11.5 Å². The van der Waals surface area contributed by atoms with Gasteiger partial charge in [-0.3, -0.25) is 9.78 Å². The van der Waals surface area contributed by atoms with E-state index < -0.39 is 5.92 Å². The maximum Gasteiger partial charge on any atom is 0.260 e. The first-order valence-corrected chi connectivity index (χ1v) is 8.54. The number of anilines is 1. The molecule has 0 aliphatic carbocycles. The van der Waals surface area contributed by atoms with E-state index in [9.17, 15) is 9.59 Å². The van der Waals surface area contributed by atoms with E-state index in [0.717, 1.165) is 11.8 Å². The largest absolute Gasteiger partial charge is 0.493 e. The Labute approximate surface area is 161 Å². The molecule has 0 saturated carbocycles. The summed E-state index contributed by atoms with van der Waals surface area (Å²) in [6.45, 7) is 0. The maximum atomic E-state index is 12.1. The van der Waals surface area contributed by atoms with E-state index in [0.29, 0.717) is 40.1 Å². The zero-order chi connectivity index (χ0) is 20.3. The summed E-state index contributed by atoms with van der Waals surface area (Å²) in [5, 5.41) is 0.418. The van der Waals surface area contributed by atoms with Crippen molar-refractivity contribution >= 4 is 23.1 Å². The third-order valence-corrected chi connectivity index (χ3v) is 4.52. The average Bonchev–Trinajstić information content (AvgIpc) is 2.71. The molecule has 8 nitrogen and oxygen atoms in total. The molecule has 2 aromatic carbocycles. The molecule has 1 aromatic heterocycles. The van der Waals surface area contributed by atoms with Crippen molar-refractivity contribution in [2.45, 2.75) is 12.3 Å². The van der Waals surface area contributed by atoms with Crippen molar-refractivity contribution in [2.24, 2.45) is 0 Å². The normalized spacial score (nSPS) is 11.8. The van der Waals surface area contributed by atoms with E-state index in [1.165, 1.54) is 21.3 Å². The number of nitrogens with two attached hydrogens (primary N) is 1. The fraction of sp³-hybridized carbons (Fsp3) is 0.250. The summed E-state index contributed by atoms with van der Waals surface area (Å²) in [6, 6.07) is 8.75. The number of H-pyrrole nitrogens is 1. The van der Waals surface area contributed by atoms with Gasteiger partial charge in [0.05, 0.1) is 32.2 Å². The molecule has 3 rings (SSSR count). The summed E-state index contributed by atoms with van der Waals surface area (Å²) in [6.07, 6.45) is 1.25. The van der Waals surface area contributed by atoms with E-state index in [4.69, 9.17) is 19.9 Å². The first-order chi connectivity index (χ1) is 13.5. The van der Waals surface area contributed by atoms with Gasteiger partial charge in [0.2, 0.25) is 11.7 Å². The van der Waals surface area contributed by atoms with Gasteiger partial charge in [-0.25, -0.2) is 4.98 Å². The number of benzene rings is 2. The number of carbonyl (C=O) groups is 1. The number of hydrogen-bond acceptors (Lipinski definition) is 7. The Balaban J connectivity index is 2.00. The molecule has 0 spiro atoms. The minimum absolute atomic E-state index is 0.0634. The van der Waals surface area contributed by atoms with Crippen LogP contribution in [0.1, 0.15) is 17.0 Å². The summed E-state index contributed by atoms with van der Waals surface area (Å²) in [5.41, 5.74) is 7.28. The highest BCUT2D eigenvalue weighted by molar-refractivity contribution is 5.79. The van der Waals surface area contributed by atoms with Gasteiger partial charge in [0.25, 0.3) is 5.56 Å². The summed E-state index contributed by atoms with van der Waals surface area (Å²) in [7, 11) is 4.56. The van der Waals surface area contributed by atoms with Crippen molar-refractivity contribution in [2.75, 3.05) is 27.1 Å². The van der Waals surface area contributed by atoms with Crippen LogP contribution in [0.15, 0.2) is 35.1 Å². The molecule has 0 aliphatic rings. The minimum Gasteiger partial charge on any atom is -0.493 e. The van der Waals surface area contributed by atoms with Crippen LogP contribution in [0.5, 0.6) is 17.2 Å². The standard InChI is InChI=1S/C20H21N3O5/c1-26-16-8-12(9-17(27-2)18(16)28-3)13(10-24)6-11-4-5-15-14(7-11)19(25)23-20(21)22-15/h4-5,7-10,13H,6H2,1-3H3,(H3,21,22,23,25). The Morgan fingerprint density at radius 2 is 1.79 bits per heavy atom. The van der Waals surface area contributed by atoms with Gasteiger partial charge in [0, 0.05) is 5.92 Å². The van der Waals surface area contributed by atoms with Crippen LogP contribution in [0.2, 0.25) is 0 Å². The van der Waals surface area contributed by atoms with Gasteiger partial charge in [0.15, 0.2) is 11.5 Å². The predicted octanol–water partition coefficient (Wildman–Crippen LogP) is 2.06. The number of hydrogen-bond donors (Lipinski definition) is 2. The topological polar surface area (TPSA) is 117 Å². The second kappa shape index (κ2) is 7.99. The molecule has 0 saturated heterocycles. The van der Waals surface area contributed by atoms with Crippen molar-refractivity contribution < 1.29 is 19.0 Å². The molecule has 0 bridgehead atoms. The average molecular weight is 383 g/mol. The molecule has 3 aromatic rings. The molecule has 1 heterocycles. The van der Waals surface area contributed by atoms with Crippen LogP contribution in [-0.2, 0) is 11.2 Å². The lowest BCUT2D eigenvalue weighted by Gasteiger charge is -2.17. The zero-order valence-corrected chi connectivity index (χ0v) is 15.8. The van der Waals surface area contributed by atoms with Gasteiger partial charge in [-0.15, -0.1) is 0 Å². The highest BCUT2D eigenvalue weighted by Crippen LogP contribution is 2.40. The van der Waals surface area contributed by atoms with Crippen LogP contribution in [0.3, 0.4) is 0 Å². The Bertz CT molecular complexity index is 1050. The molecular weight excluding hydrogens is 362 g/mol. The zero-order valence-electron chi connectivity index (χ0n) is 15.8. The Morgan fingerprint density at radius 1 is 1.11 bits per heavy atom. The second-order valence-electron chi connectivity index (χ2n) is 6.21. The lowest BCUT2D eigenvalue weighted by molar-refractivity contribution is -0.109. The molecule has 1 unspecified atom stereocenters. The molecule has 0 radical (unpaired) electrons. The maximum absolute atomic E-state index is 12.1. The molecule has 0 fully saturated rings. The Hall–Kier alpha value is -3.55. The number of methoxy groups -OCH3 is 3. The number of nitrogen functional groups attached to an aromatic ring is 1. The number of aldehydes is 1. The second-order valence-corrected chi connectivity index (χ2v) is 6.21. The fourth-order valence-corrected chi connectivity index (χ4v) is 3.14. The molecule has 0 amide bonds. The fourth-order valence-electron chi connectivity index (χ4n) is 3.14. The van der Waals surface area contributed by atoms with Crippen LogP contribution < -0.4 is 25.5 Å². The number of nitrogens with one attached hydrogen (secondary N) is 1. The minimum atomic E-state index is -0.466. The summed E-state index contributed by atoms with van der Waals surface area (Å²) < 4.78 is 16.0. The number of fused-ring (bicyclic) bond motifs is 1. The molecule has 146 valence electrons. The van der Waals surface area contributed by atoms with Gasteiger partial charge in [-0.1, -0.05) is 6.07 Å². The molecular formula is C20H21N3O5. The van der Waals surface area contributed by atoms with E-state index >= 15 is 0 Å². The van der Waals surface area contributed by atoms with Crippen molar-refractivity contribution in [1.29, 1.82) is 0 Å². The first kappa shape index (κ1) is 19.2. The van der Waals surface area contributed by atoms with Gasteiger partial charge in [-0.2, -0.15) is 0 Å². The van der Waals surface area contributed by atoms with Crippen LogP contribution in [0.25, 0.3) is 10.9 Å². The van der Waals surface area contributed by atoms with Crippen molar-refractivity contribution in [3.05, 3.63) is 51.8 Å². The highest BCUT2D eigenvalue weighted by Gasteiger charge is 2.19. The number of aromatic amines is 1. The van der Waals surface area contributed by atoms with E-state index in [1.807, 2.05) is 6.07 Å². The molecule has 0 aliphatic heterocycles. The molecule has 3 N–H and O–H groups in total. The highest BCUT2D eigenvalue weighted by atomic mass is 16.5. The van der Waals surface area contributed by atoms with Gasteiger partial charge in [0.1, 0.15) is 6.29 Å². The molecule has 1 atom stereocenters. The van der Waals surface area contributed by atoms with Crippen LogP contribution in [0, 0.1) is 0 Å². The van der Waals surface area contributed by atoms with Gasteiger partial charge in [-0.05, 0) is 41.8 Å². The number of aromatic nitrogens is 2. The van der Waals surface area contributed by atoms with Crippen molar-refractivity contribution in [1.82, 2.24) is 9.97 Å². The Kier molecular flexibility index (Phi) is 5.49. The van der Waals surface area contributed by atoms with E-state index in [1.54, 1.807) is 24.3 Å². The lowest BCUT2D eigenvalue weighted by atomic mass is 9.92. The van der Waals surface area contributed by atoms with E-state index in [2.05, 4.69) is 9.97 Å². The summed E-state index contributed by atoms with van der Waals surface area (Å²) in [4.78, 5) is 30.5. The Morgan fingerprint density at radius 3 is 2.36 bits per heavy atom. The summed E-state index contributed by atoms with van der Waals surface area (Å²) in [5.74, 6) is 0.997. The lowest BCUT2D eigenvalue weighted by Crippen LogP contribution is -2.12. The molecule has 28 heavy (non-hydrogen) atoms. The monoisotopic (exact) mass is 383 g/mol. The quantitative estimate of drug-likeness (QED) is 0.600. The predicted molar refractivity (Wildman–Crippen MR) is 105 cm³/mol. The molecule has 8 heteroatoms. The number of nitrogens with zero attached hydrogens (tertiary/aromatic N) is 1. The van der Waals surface area contributed by atoms with Crippen molar-refractivity contribution in [3.63, 3.8) is 0 Å². The number of rotatable bonds is 7. The smallest absolute Gasteiger partial charge is 0.260 e. The van der Waals surface area contributed by atoms with Gasteiger partial charge >= 0.3 is 0 Å². The third kappa shape index (κ3) is 3.62. The number of carbonyl (C=O) groups excluding carboxylic acids is 1.